The maximum Gasteiger partial charge on any atom is 0.335 e. The third-order valence-corrected chi connectivity index (χ3v) is 3.43. The molecule has 3 aromatic rings. The lowest BCUT2D eigenvalue weighted by Crippen LogP contribution is -1.99. The van der Waals surface area contributed by atoms with Gasteiger partial charge in [-0.05, 0) is 23.8 Å². The van der Waals surface area contributed by atoms with Crippen LogP contribution in [0.25, 0.3) is 11.0 Å². The van der Waals surface area contributed by atoms with E-state index in [1.165, 1.54) is 5.56 Å². The van der Waals surface area contributed by atoms with Gasteiger partial charge in [-0.2, -0.15) is 0 Å². The van der Waals surface area contributed by atoms with Gasteiger partial charge in [0.25, 0.3) is 0 Å². The second-order valence-corrected chi connectivity index (χ2v) is 4.76. The van der Waals surface area contributed by atoms with E-state index in [9.17, 15) is 4.79 Å². The van der Waals surface area contributed by atoms with Gasteiger partial charge in [0.1, 0.15) is 5.82 Å². The van der Waals surface area contributed by atoms with Crippen molar-refractivity contribution in [3.63, 3.8) is 0 Å². The largest absolute Gasteiger partial charge is 0.478 e. The van der Waals surface area contributed by atoms with Gasteiger partial charge in [0.05, 0.1) is 16.6 Å². The summed E-state index contributed by atoms with van der Waals surface area (Å²) < 4.78 is 2.01. The Kier molecular flexibility index (Phi) is 2.99. The van der Waals surface area contributed by atoms with E-state index < -0.39 is 5.97 Å². The molecule has 0 saturated heterocycles. The molecule has 1 heterocycles. The van der Waals surface area contributed by atoms with E-state index in [0.29, 0.717) is 0 Å². The van der Waals surface area contributed by atoms with Crippen LogP contribution in [0.3, 0.4) is 0 Å². The average molecular weight is 266 g/mol. The molecule has 0 fully saturated rings. The summed E-state index contributed by atoms with van der Waals surface area (Å²) in [6.45, 7) is 0. The van der Waals surface area contributed by atoms with Crippen molar-refractivity contribution < 1.29 is 9.90 Å². The van der Waals surface area contributed by atoms with Crippen LogP contribution in [0.4, 0.5) is 0 Å². The maximum atomic E-state index is 11.0. The Labute approximate surface area is 116 Å². The summed E-state index contributed by atoms with van der Waals surface area (Å²) in [5.41, 5.74) is 3.12. The molecule has 0 bridgehead atoms. The molecular formula is C16H14N2O2. The zero-order chi connectivity index (χ0) is 14.1. The molecule has 0 amide bonds. The first kappa shape index (κ1) is 12.4. The van der Waals surface area contributed by atoms with E-state index in [2.05, 4.69) is 17.1 Å². The molecule has 0 saturated carbocycles. The highest BCUT2D eigenvalue weighted by Gasteiger charge is 2.11. The number of carbonyl (C=O) groups is 1. The highest BCUT2D eigenvalue weighted by molar-refractivity contribution is 5.92. The number of hydrogen-bond donors (Lipinski definition) is 1. The molecule has 100 valence electrons. The van der Waals surface area contributed by atoms with Gasteiger partial charge in [-0.25, -0.2) is 9.78 Å². The standard InChI is InChI=1S/C16H14N2O2/c1-18-14-8-7-12(16(19)20)10-13(14)17-15(18)9-11-5-3-2-4-6-11/h2-8,10H,9H2,1H3,(H,19,20). The van der Waals surface area contributed by atoms with Gasteiger partial charge in [-0.3, -0.25) is 0 Å². The summed E-state index contributed by atoms with van der Waals surface area (Å²) in [6.07, 6.45) is 0.731. The smallest absolute Gasteiger partial charge is 0.335 e. The molecule has 1 aromatic heterocycles. The number of imidazole rings is 1. The van der Waals surface area contributed by atoms with Crippen LogP contribution in [-0.2, 0) is 13.5 Å². The summed E-state index contributed by atoms with van der Waals surface area (Å²) >= 11 is 0. The Morgan fingerprint density at radius 1 is 1.20 bits per heavy atom. The van der Waals surface area contributed by atoms with Crippen molar-refractivity contribution in [2.24, 2.45) is 7.05 Å². The Balaban J connectivity index is 2.04. The number of rotatable bonds is 3. The quantitative estimate of drug-likeness (QED) is 0.793. The van der Waals surface area contributed by atoms with Gasteiger partial charge in [-0.15, -0.1) is 0 Å². The van der Waals surface area contributed by atoms with E-state index in [0.717, 1.165) is 23.3 Å². The zero-order valence-corrected chi connectivity index (χ0v) is 11.1. The molecule has 0 aliphatic carbocycles. The molecule has 20 heavy (non-hydrogen) atoms. The Morgan fingerprint density at radius 3 is 2.65 bits per heavy atom. The fraction of sp³-hybridized carbons (Fsp3) is 0.125. The summed E-state index contributed by atoms with van der Waals surface area (Å²) in [7, 11) is 1.95. The molecule has 0 spiro atoms. The van der Waals surface area contributed by atoms with E-state index in [1.54, 1.807) is 18.2 Å². The van der Waals surface area contributed by atoms with Crippen LogP contribution >= 0.6 is 0 Å². The van der Waals surface area contributed by atoms with Crippen molar-refractivity contribution in [3.05, 3.63) is 65.5 Å². The minimum atomic E-state index is -0.929. The molecule has 0 radical (unpaired) electrons. The second kappa shape index (κ2) is 4.81. The Hall–Kier alpha value is -2.62. The fourth-order valence-electron chi connectivity index (χ4n) is 2.32. The van der Waals surface area contributed by atoms with E-state index in [-0.39, 0.29) is 5.56 Å². The summed E-state index contributed by atoms with van der Waals surface area (Å²) in [6, 6.07) is 15.1. The highest BCUT2D eigenvalue weighted by Crippen LogP contribution is 2.19. The minimum Gasteiger partial charge on any atom is -0.478 e. The van der Waals surface area contributed by atoms with Crippen LogP contribution in [0.1, 0.15) is 21.7 Å². The molecule has 3 rings (SSSR count). The SMILES string of the molecule is Cn1c(Cc2ccccc2)nc2cc(C(=O)O)ccc21. The monoisotopic (exact) mass is 266 g/mol. The lowest BCUT2D eigenvalue weighted by Gasteiger charge is -2.02. The molecule has 0 atom stereocenters. The van der Waals surface area contributed by atoms with Crippen molar-refractivity contribution >= 4 is 17.0 Å². The van der Waals surface area contributed by atoms with Crippen molar-refractivity contribution in [2.75, 3.05) is 0 Å². The van der Waals surface area contributed by atoms with Crippen LogP contribution in [0.5, 0.6) is 0 Å². The number of hydrogen-bond acceptors (Lipinski definition) is 2. The second-order valence-electron chi connectivity index (χ2n) is 4.76. The van der Waals surface area contributed by atoms with Crippen LogP contribution in [0.2, 0.25) is 0 Å². The van der Waals surface area contributed by atoms with E-state index in [4.69, 9.17) is 5.11 Å². The number of carboxylic acid groups (broad SMARTS) is 1. The van der Waals surface area contributed by atoms with Gasteiger partial charge in [0.15, 0.2) is 0 Å². The Bertz CT molecular complexity index is 776. The van der Waals surface area contributed by atoms with Gasteiger partial charge in [0, 0.05) is 13.5 Å². The first-order chi connectivity index (χ1) is 9.65. The molecule has 0 aliphatic rings. The first-order valence-electron chi connectivity index (χ1n) is 6.38. The molecule has 0 aliphatic heterocycles. The Morgan fingerprint density at radius 2 is 1.95 bits per heavy atom. The highest BCUT2D eigenvalue weighted by atomic mass is 16.4. The topological polar surface area (TPSA) is 55.1 Å². The molecule has 4 heteroatoms. The summed E-state index contributed by atoms with van der Waals surface area (Å²) in [4.78, 5) is 15.5. The van der Waals surface area contributed by atoms with Crippen molar-refractivity contribution in [1.82, 2.24) is 9.55 Å². The normalized spacial score (nSPS) is 10.8. The molecule has 4 nitrogen and oxygen atoms in total. The van der Waals surface area contributed by atoms with Gasteiger partial charge < -0.3 is 9.67 Å². The number of nitrogens with zero attached hydrogens (tertiary/aromatic N) is 2. The number of aromatic nitrogens is 2. The zero-order valence-electron chi connectivity index (χ0n) is 11.1. The molecule has 1 N–H and O–H groups in total. The van der Waals surface area contributed by atoms with Gasteiger partial charge >= 0.3 is 5.97 Å². The first-order valence-corrected chi connectivity index (χ1v) is 6.38. The predicted molar refractivity (Wildman–Crippen MR) is 76.9 cm³/mol. The molecule has 2 aromatic carbocycles. The maximum absolute atomic E-state index is 11.0. The molecule has 0 unspecified atom stereocenters. The predicted octanol–water partition coefficient (Wildman–Crippen LogP) is 2.86. The van der Waals surface area contributed by atoms with Gasteiger partial charge in [-0.1, -0.05) is 30.3 Å². The third-order valence-electron chi connectivity index (χ3n) is 3.43. The number of fused-ring (bicyclic) bond motifs is 1. The number of aryl methyl sites for hydroxylation is 1. The van der Waals surface area contributed by atoms with Crippen LogP contribution in [-0.4, -0.2) is 20.6 Å². The number of carboxylic acids is 1. The number of benzene rings is 2. The third kappa shape index (κ3) is 2.16. The van der Waals surface area contributed by atoms with Crippen molar-refractivity contribution in [3.8, 4) is 0 Å². The summed E-state index contributed by atoms with van der Waals surface area (Å²) in [5, 5.41) is 9.02. The van der Waals surface area contributed by atoms with Crippen LogP contribution in [0.15, 0.2) is 48.5 Å². The fourth-order valence-corrected chi connectivity index (χ4v) is 2.32. The molecular weight excluding hydrogens is 252 g/mol. The van der Waals surface area contributed by atoms with Crippen molar-refractivity contribution in [2.45, 2.75) is 6.42 Å². The number of aromatic carboxylic acids is 1. The summed E-state index contributed by atoms with van der Waals surface area (Å²) in [5.74, 6) is -0.00380. The average Bonchev–Trinajstić information content (AvgIpc) is 2.76. The van der Waals surface area contributed by atoms with Crippen LogP contribution in [0, 0.1) is 0 Å². The van der Waals surface area contributed by atoms with E-state index >= 15 is 0 Å². The lowest BCUT2D eigenvalue weighted by molar-refractivity contribution is 0.0697. The van der Waals surface area contributed by atoms with Crippen LogP contribution < -0.4 is 0 Å². The van der Waals surface area contributed by atoms with E-state index in [1.807, 2.05) is 29.8 Å². The lowest BCUT2D eigenvalue weighted by atomic mass is 10.1. The van der Waals surface area contributed by atoms with Gasteiger partial charge in [0.2, 0.25) is 0 Å². The minimum absolute atomic E-state index is 0.266. The van der Waals surface area contributed by atoms with Crippen molar-refractivity contribution in [1.29, 1.82) is 0 Å².